The van der Waals surface area contributed by atoms with E-state index in [0.29, 0.717) is 4.90 Å². The molecule has 0 aromatic carbocycles. The average molecular weight is 329 g/mol. The summed E-state index contributed by atoms with van der Waals surface area (Å²) in [5.41, 5.74) is 7.00. The van der Waals surface area contributed by atoms with E-state index < -0.39 is 45.3 Å². The van der Waals surface area contributed by atoms with E-state index in [9.17, 15) is 22.8 Å². The molecule has 1 aromatic heterocycles. The minimum absolute atomic E-state index is 0.0101. The van der Waals surface area contributed by atoms with Gasteiger partial charge in [-0.05, 0) is 12.1 Å². The Morgan fingerprint density at radius 2 is 2.05 bits per heavy atom. The highest BCUT2D eigenvalue weighted by Crippen LogP contribution is 2.28. The lowest BCUT2D eigenvalue weighted by atomic mass is 10.2. The Bertz CT molecular complexity index is 776. The Kier molecular flexibility index (Phi) is 3.83. The SMILES string of the molecule is NNc1ccc(C(N)=O)c(N2C(=O)CC(S(=O)(=O)O)C2=O)n1. The van der Waals surface area contributed by atoms with Gasteiger partial charge in [0.1, 0.15) is 5.82 Å². The first-order valence-corrected chi connectivity index (χ1v) is 7.27. The summed E-state index contributed by atoms with van der Waals surface area (Å²) >= 11 is 0. The predicted octanol–water partition coefficient (Wildman–Crippen LogP) is -2.01. The highest BCUT2D eigenvalue weighted by atomic mass is 32.2. The standard InChI is InChI=1S/C10H11N5O6S/c11-8(17)4-1-2-6(14-12)13-9(4)15-7(16)3-5(10(15)18)22(19,20)21/h1-2,5H,3,12H2,(H2,11,17)(H,13,14)(H,19,20,21). The van der Waals surface area contributed by atoms with Gasteiger partial charge in [0, 0.05) is 0 Å². The Hall–Kier alpha value is -2.57. The molecule has 0 radical (unpaired) electrons. The number of nitrogens with zero attached hydrogens (tertiary/aromatic N) is 2. The van der Waals surface area contributed by atoms with Gasteiger partial charge in [-0.2, -0.15) is 8.42 Å². The summed E-state index contributed by atoms with van der Waals surface area (Å²) in [6.45, 7) is 0. The van der Waals surface area contributed by atoms with E-state index in [1.54, 1.807) is 0 Å². The molecule has 1 aromatic rings. The van der Waals surface area contributed by atoms with Crippen LogP contribution in [0.3, 0.4) is 0 Å². The van der Waals surface area contributed by atoms with Gasteiger partial charge in [-0.25, -0.2) is 15.7 Å². The van der Waals surface area contributed by atoms with Crippen molar-refractivity contribution in [2.45, 2.75) is 11.7 Å². The minimum Gasteiger partial charge on any atom is -0.365 e. The molecule has 1 fully saturated rings. The van der Waals surface area contributed by atoms with Gasteiger partial charge in [-0.15, -0.1) is 0 Å². The number of nitrogen functional groups attached to an aromatic ring is 1. The first kappa shape index (κ1) is 15.8. The third-order valence-corrected chi connectivity index (χ3v) is 4.05. The number of primary amides is 1. The van der Waals surface area contributed by atoms with E-state index in [1.165, 1.54) is 12.1 Å². The molecule has 3 amide bonds. The van der Waals surface area contributed by atoms with Gasteiger partial charge in [0.2, 0.25) is 5.91 Å². The molecule has 2 rings (SSSR count). The lowest BCUT2D eigenvalue weighted by molar-refractivity contribution is -0.121. The zero-order valence-electron chi connectivity index (χ0n) is 10.9. The number of carbonyl (C=O) groups excluding carboxylic acids is 3. The highest BCUT2D eigenvalue weighted by Gasteiger charge is 2.48. The number of nitrogens with one attached hydrogen (secondary N) is 1. The van der Waals surface area contributed by atoms with Crippen molar-refractivity contribution in [2.24, 2.45) is 11.6 Å². The molecule has 0 bridgehead atoms. The molecule has 6 N–H and O–H groups in total. The van der Waals surface area contributed by atoms with E-state index >= 15 is 0 Å². The summed E-state index contributed by atoms with van der Waals surface area (Å²) in [5.74, 6) is 1.56. The van der Waals surface area contributed by atoms with Gasteiger partial charge in [-0.1, -0.05) is 0 Å². The molecule has 1 saturated heterocycles. The molecule has 1 unspecified atom stereocenters. The smallest absolute Gasteiger partial charge is 0.277 e. The second-order valence-electron chi connectivity index (χ2n) is 4.35. The zero-order valence-corrected chi connectivity index (χ0v) is 11.7. The fourth-order valence-corrected chi connectivity index (χ4v) is 2.66. The molecule has 118 valence electrons. The molecule has 11 nitrogen and oxygen atoms in total. The molecule has 1 aliphatic rings. The number of hydrogen-bond acceptors (Lipinski definition) is 8. The number of carbonyl (C=O) groups is 3. The number of hydrogen-bond donors (Lipinski definition) is 4. The number of rotatable bonds is 4. The molecule has 0 saturated carbocycles. The second-order valence-corrected chi connectivity index (χ2v) is 5.95. The lowest BCUT2D eigenvalue weighted by Crippen LogP contribution is -2.37. The van der Waals surface area contributed by atoms with Crippen LogP contribution in [0.5, 0.6) is 0 Å². The van der Waals surface area contributed by atoms with Crippen LogP contribution in [0, 0.1) is 0 Å². The van der Waals surface area contributed by atoms with E-state index in [-0.39, 0.29) is 11.4 Å². The minimum atomic E-state index is -4.77. The van der Waals surface area contributed by atoms with Gasteiger partial charge in [-0.3, -0.25) is 18.9 Å². The van der Waals surface area contributed by atoms with Crippen molar-refractivity contribution in [3.63, 3.8) is 0 Å². The van der Waals surface area contributed by atoms with Crippen LogP contribution in [0.1, 0.15) is 16.8 Å². The van der Waals surface area contributed by atoms with Crippen LogP contribution in [0.25, 0.3) is 0 Å². The molecule has 0 spiro atoms. The quantitative estimate of drug-likeness (QED) is 0.209. The van der Waals surface area contributed by atoms with Gasteiger partial charge >= 0.3 is 0 Å². The number of anilines is 2. The normalized spacial score (nSPS) is 18.6. The molecule has 1 aliphatic heterocycles. The van der Waals surface area contributed by atoms with Crippen molar-refractivity contribution in [2.75, 3.05) is 10.3 Å². The number of nitrogens with two attached hydrogens (primary N) is 2. The summed E-state index contributed by atoms with van der Waals surface area (Å²) in [4.78, 5) is 39.5. The highest BCUT2D eigenvalue weighted by molar-refractivity contribution is 7.87. The Labute approximate surface area is 124 Å². The number of amides is 3. The van der Waals surface area contributed by atoms with Gasteiger partial charge in [0.15, 0.2) is 11.1 Å². The number of imide groups is 1. The van der Waals surface area contributed by atoms with Crippen molar-refractivity contribution in [3.05, 3.63) is 17.7 Å². The first-order chi connectivity index (χ1) is 10.2. The van der Waals surface area contributed by atoms with E-state index in [4.69, 9.17) is 16.1 Å². The van der Waals surface area contributed by atoms with E-state index in [2.05, 4.69) is 10.4 Å². The van der Waals surface area contributed by atoms with Gasteiger partial charge in [0.25, 0.3) is 21.9 Å². The van der Waals surface area contributed by atoms with Gasteiger partial charge in [0.05, 0.1) is 12.0 Å². The third kappa shape index (κ3) is 2.61. The van der Waals surface area contributed by atoms with Crippen molar-refractivity contribution in [3.8, 4) is 0 Å². The van der Waals surface area contributed by atoms with Crippen molar-refractivity contribution in [1.82, 2.24) is 4.98 Å². The summed E-state index contributed by atoms with van der Waals surface area (Å²) in [6.07, 6.45) is -0.766. The zero-order chi connectivity index (χ0) is 16.7. The molecule has 0 aliphatic carbocycles. The number of hydrazine groups is 1. The second kappa shape index (κ2) is 5.32. The Morgan fingerprint density at radius 3 is 2.50 bits per heavy atom. The maximum atomic E-state index is 12.1. The maximum absolute atomic E-state index is 12.1. The number of aromatic nitrogens is 1. The van der Waals surface area contributed by atoms with Crippen LogP contribution in [0.2, 0.25) is 0 Å². The van der Waals surface area contributed by atoms with Crippen molar-refractivity contribution in [1.29, 1.82) is 0 Å². The molecular weight excluding hydrogens is 318 g/mol. The Morgan fingerprint density at radius 1 is 1.41 bits per heavy atom. The van der Waals surface area contributed by atoms with Crippen LogP contribution in [0.4, 0.5) is 11.6 Å². The summed E-state index contributed by atoms with van der Waals surface area (Å²) < 4.78 is 31.2. The van der Waals surface area contributed by atoms with Crippen molar-refractivity contribution < 1.29 is 27.4 Å². The van der Waals surface area contributed by atoms with Crippen molar-refractivity contribution >= 4 is 39.5 Å². The van der Waals surface area contributed by atoms with Crippen LogP contribution >= 0.6 is 0 Å². The first-order valence-electron chi connectivity index (χ1n) is 5.77. The van der Waals surface area contributed by atoms with E-state index in [0.717, 1.165) is 0 Å². The van der Waals surface area contributed by atoms with Crippen LogP contribution in [0.15, 0.2) is 12.1 Å². The van der Waals surface area contributed by atoms with Crippen LogP contribution in [-0.2, 0) is 19.7 Å². The van der Waals surface area contributed by atoms with Crippen LogP contribution in [-0.4, -0.2) is 40.9 Å². The van der Waals surface area contributed by atoms with Crippen LogP contribution < -0.4 is 21.9 Å². The summed E-state index contributed by atoms with van der Waals surface area (Å²) in [7, 11) is -4.77. The Balaban J connectivity index is 2.58. The molecular formula is C10H11N5O6S. The fourth-order valence-electron chi connectivity index (χ4n) is 1.95. The van der Waals surface area contributed by atoms with Gasteiger partial charge < -0.3 is 11.2 Å². The fraction of sp³-hybridized carbons (Fsp3) is 0.200. The maximum Gasteiger partial charge on any atom is 0.277 e. The number of pyridine rings is 1. The average Bonchev–Trinajstić information content (AvgIpc) is 2.73. The molecule has 22 heavy (non-hydrogen) atoms. The third-order valence-electron chi connectivity index (χ3n) is 2.97. The predicted molar refractivity (Wildman–Crippen MR) is 73.0 cm³/mol. The molecule has 1 atom stereocenters. The van der Waals surface area contributed by atoms with E-state index in [1.807, 2.05) is 0 Å². The molecule has 2 heterocycles. The monoisotopic (exact) mass is 329 g/mol. The largest absolute Gasteiger partial charge is 0.365 e. The molecule has 12 heteroatoms. The lowest BCUT2D eigenvalue weighted by Gasteiger charge is -2.16. The topological polar surface area (TPSA) is 186 Å². The summed E-state index contributed by atoms with van der Waals surface area (Å²) in [5, 5.41) is -1.95. The summed E-state index contributed by atoms with van der Waals surface area (Å²) in [6, 6.07) is 2.44.